The van der Waals surface area contributed by atoms with Gasteiger partial charge in [-0.15, -0.1) is 0 Å². The molecule has 2 aliphatic rings. The molecule has 0 aromatic carbocycles. The number of alkyl halides is 3. The fourth-order valence-electron chi connectivity index (χ4n) is 3.74. The summed E-state index contributed by atoms with van der Waals surface area (Å²) in [6, 6.07) is 4.38. The van der Waals surface area contributed by atoms with Gasteiger partial charge < -0.3 is 19.6 Å². The molecule has 174 valence electrons. The zero-order valence-corrected chi connectivity index (χ0v) is 17.2. The van der Waals surface area contributed by atoms with Crippen LogP contribution in [0.15, 0.2) is 35.1 Å². The number of aliphatic carboxylic acids is 1. The van der Waals surface area contributed by atoms with Crippen LogP contribution < -0.4 is 5.32 Å². The molecule has 0 aliphatic carbocycles. The van der Waals surface area contributed by atoms with Gasteiger partial charge in [0.25, 0.3) is 5.91 Å². The van der Waals surface area contributed by atoms with Crippen molar-refractivity contribution in [3.05, 3.63) is 42.2 Å². The second kappa shape index (κ2) is 10.1. The van der Waals surface area contributed by atoms with Gasteiger partial charge in [-0.05, 0) is 38.3 Å². The van der Waals surface area contributed by atoms with Gasteiger partial charge in [0.15, 0.2) is 5.82 Å². The molecular formula is C20H23F3N4O5. The highest BCUT2D eigenvalue weighted by atomic mass is 19.4. The standard InChI is InChI=1S/C18H22N4O3.C2HF3O2/c1-12-2-3-13(24-12)11-22-9-6-15-14(22)4-5-16(25-15)18(23)21-17-10-19-7-8-20-17;3-2(4,5)1(6)7/h2-3,7-8,10,14-16H,4-6,9,11H2,1H3,(H,20,21,23);(H,6,7)/t14-,15-,16+;/m1./s1. The first-order valence-electron chi connectivity index (χ1n) is 9.95. The Morgan fingerprint density at radius 3 is 2.59 bits per heavy atom. The number of hydrogen-bond donors (Lipinski definition) is 2. The first kappa shape index (κ1) is 23.7. The molecule has 9 nitrogen and oxygen atoms in total. The lowest BCUT2D eigenvalue weighted by Crippen LogP contribution is -2.46. The number of halogens is 3. The lowest BCUT2D eigenvalue weighted by atomic mass is 9.98. The Labute approximate surface area is 181 Å². The lowest BCUT2D eigenvalue weighted by Gasteiger charge is -2.35. The molecule has 0 unspecified atom stereocenters. The van der Waals surface area contributed by atoms with E-state index in [0.717, 1.165) is 37.5 Å². The zero-order chi connectivity index (χ0) is 23.3. The number of fused-ring (bicyclic) bond motifs is 1. The van der Waals surface area contributed by atoms with Crippen molar-refractivity contribution in [3.63, 3.8) is 0 Å². The number of carbonyl (C=O) groups excluding carboxylic acids is 1. The number of carbonyl (C=O) groups is 2. The van der Waals surface area contributed by atoms with Crippen molar-refractivity contribution in [1.82, 2.24) is 14.9 Å². The molecule has 0 bridgehead atoms. The summed E-state index contributed by atoms with van der Waals surface area (Å²) < 4.78 is 43.5. The van der Waals surface area contributed by atoms with E-state index in [1.54, 1.807) is 12.4 Å². The van der Waals surface area contributed by atoms with Crippen LogP contribution >= 0.6 is 0 Å². The van der Waals surface area contributed by atoms with Crippen LogP contribution in [0.3, 0.4) is 0 Å². The largest absolute Gasteiger partial charge is 0.490 e. The molecule has 0 radical (unpaired) electrons. The molecule has 0 saturated carbocycles. The number of ether oxygens (including phenoxy) is 1. The SMILES string of the molecule is Cc1ccc(CN2CC[C@H]3O[C@H](C(=O)Nc4cnccn4)CC[C@H]32)o1.O=C(O)C(F)(F)F. The van der Waals surface area contributed by atoms with E-state index < -0.39 is 18.2 Å². The van der Waals surface area contributed by atoms with Gasteiger partial charge in [0.05, 0.1) is 18.8 Å². The van der Waals surface area contributed by atoms with Crippen molar-refractivity contribution >= 4 is 17.7 Å². The summed E-state index contributed by atoms with van der Waals surface area (Å²) >= 11 is 0. The van der Waals surface area contributed by atoms with E-state index in [9.17, 15) is 18.0 Å². The van der Waals surface area contributed by atoms with Crippen molar-refractivity contribution < 1.29 is 37.0 Å². The number of amides is 1. The highest BCUT2D eigenvalue weighted by Crippen LogP contribution is 2.33. The van der Waals surface area contributed by atoms with Crippen molar-refractivity contribution in [2.75, 3.05) is 11.9 Å². The predicted molar refractivity (Wildman–Crippen MR) is 105 cm³/mol. The first-order valence-corrected chi connectivity index (χ1v) is 9.95. The monoisotopic (exact) mass is 456 g/mol. The summed E-state index contributed by atoms with van der Waals surface area (Å²) in [5.74, 6) is -0.516. The second-order valence-electron chi connectivity index (χ2n) is 7.46. The fraction of sp³-hybridized carbons (Fsp3) is 0.500. The zero-order valence-electron chi connectivity index (χ0n) is 17.2. The van der Waals surface area contributed by atoms with E-state index in [0.29, 0.717) is 18.3 Å². The third-order valence-electron chi connectivity index (χ3n) is 5.17. The number of anilines is 1. The Balaban J connectivity index is 0.000000360. The molecule has 2 fully saturated rings. The average molecular weight is 456 g/mol. The smallest absolute Gasteiger partial charge is 0.475 e. The number of nitrogens with zero attached hydrogens (tertiary/aromatic N) is 3. The van der Waals surface area contributed by atoms with Crippen LogP contribution in [0.25, 0.3) is 0 Å². The molecule has 4 heterocycles. The van der Waals surface area contributed by atoms with Gasteiger partial charge >= 0.3 is 12.1 Å². The van der Waals surface area contributed by atoms with Gasteiger partial charge in [-0.25, -0.2) is 9.78 Å². The minimum absolute atomic E-state index is 0.0995. The quantitative estimate of drug-likeness (QED) is 0.721. The number of hydrogen-bond acceptors (Lipinski definition) is 7. The Kier molecular flexibility index (Phi) is 7.46. The van der Waals surface area contributed by atoms with Crippen molar-refractivity contribution in [2.24, 2.45) is 0 Å². The van der Waals surface area contributed by atoms with Crippen molar-refractivity contribution in [2.45, 2.75) is 57.2 Å². The number of aryl methyl sites for hydroxylation is 1. The van der Waals surface area contributed by atoms with Gasteiger partial charge in [-0.1, -0.05) is 0 Å². The second-order valence-corrected chi connectivity index (χ2v) is 7.46. The van der Waals surface area contributed by atoms with E-state index in [-0.39, 0.29) is 12.0 Å². The van der Waals surface area contributed by atoms with Crippen LogP contribution in [0, 0.1) is 6.92 Å². The third-order valence-corrected chi connectivity index (χ3v) is 5.17. The highest BCUT2D eigenvalue weighted by molar-refractivity contribution is 5.93. The molecule has 12 heteroatoms. The summed E-state index contributed by atoms with van der Waals surface area (Å²) in [5.41, 5.74) is 0. The maximum atomic E-state index is 12.4. The summed E-state index contributed by atoms with van der Waals surface area (Å²) in [7, 11) is 0. The van der Waals surface area contributed by atoms with Crippen molar-refractivity contribution in [1.29, 1.82) is 0 Å². The normalized spacial score (nSPS) is 23.1. The molecule has 2 aromatic heterocycles. The number of likely N-dealkylation sites (tertiary alicyclic amines) is 1. The van der Waals surface area contributed by atoms with Crippen LogP contribution in [0.5, 0.6) is 0 Å². The van der Waals surface area contributed by atoms with Crippen molar-refractivity contribution in [3.8, 4) is 0 Å². The van der Waals surface area contributed by atoms with E-state index in [1.807, 2.05) is 19.1 Å². The minimum atomic E-state index is -5.08. The number of furan rings is 1. The molecule has 3 atom stereocenters. The van der Waals surface area contributed by atoms with Gasteiger partial charge in [0.2, 0.25) is 0 Å². The number of aromatic nitrogens is 2. The minimum Gasteiger partial charge on any atom is -0.475 e. The Morgan fingerprint density at radius 1 is 1.25 bits per heavy atom. The van der Waals surface area contributed by atoms with E-state index in [4.69, 9.17) is 19.1 Å². The van der Waals surface area contributed by atoms with Crippen LogP contribution in [-0.4, -0.2) is 62.8 Å². The fourth-order valence-corrected chi connectivity index (χ4v) is 3.74. The van der Waals surface area contributed by atoms with E-state index >= 15 is 0 Å². The number of carboxylic acid groups (broad SMARTS) is 1. The predicted octanol–water partition coefficient (Wildman–Crippen LogP) is 2.77. The van der Waals surface area contributed by atoms with E-state index in [2.05, 4.69) is 20.2 Å². The number of rotatable bonds is 4. The van der Waals surface area contributed by atoms with Crippen LogP contribution in [-0.2, 0) is 20.9 Å². The third kappa shape index (κ3) is 6.26. The molecule has 2 aliphatic heterocycles. The van der Waals surface area contributed by atoms with E-state index in [1.165, 1.54) is 6.20 Å². The van der Waals surface area contributed by atoms with Gasteiger partial charge in [0.1, 0.15) is 17.6 Å². The molecule has 2 N–H and O–H groups in total. The summed E-state index contributed by atoms with van der Waals surface area (Å²) in [6.07, 6.45) is 1.86. The Bertz CT molecular complexity index is 921. The van der Waals surface area contributed by atoms with Crippen LogP contribution in [0.4, 0.5) is 19.0 Å². The molecule has 1 amide bonds. The van der Waals surface area contributed by atoms with Gasteiger partial charge in [-0.2, -0.15) is 13.2 Å². The summed E-state index contributed by atoms with van der Waals surface area (Å²) in [5, 5.41) is 9.90. The topological polar surface area (TPSA) is 118 Å². The Hall–Kier alpha value is -2.99. The van der Waals surface area contributed by atoms with Gasteiger partial charge in [-0.3, -0.25) is 14.7 Å². The molecule has 2 aromatic rings. The summed E-state index contributed by atoms with van der Waals surface area (Å²) in [4.78, 5) is 31.7. The summed E-state index contributed by atoms with van der Waals surface area (Å²) in [6.45, 7) is 3.72. The number of nitrogens with one attached hydrogen (secondary N) is 1. The molecule has 4 rings (SSSR count). The van der Waals surface area contributed by atoms with Gasteiger partial charge in [0, 0.05) is 25.0 Å². The molecule has 2 saturated heterocycles. The molecular weight excluding hydrogens is 433 g/mol. The first-order chi connectivity index (χ1) is 15.1. The maximum absolute atomic E-state index is 12.4. The molecule has 32 heavy (non-hydrogen) atoms. The molecule has 0 spiro atoms. The lowest BCUT2D eigenvalue weighted by molar-refractivity contribution is -0.192. The maximum Gasteiger partial charge on any atom is 0.490 e. The van der Waals surface area contributed by atoms with Crippen LogP contribution in [0.2, 0.25) is 0 Å². The number of carboxylic acids is 1. The van der Waals surface area contributed by atoms with Crippen LogP contribution in [0.1, 0.15) is 30.8 Å². The highest BCUT2D eigenvalue weighted by Gasteiger charge is 2.42. The average Bonchev–Trinajstić information content (AvgIpc) is 3.34. The Morgan fingerprint density at radius 2 is 2.00 bits per heavy atom.